The van der Waals surface area contributed by atoms with Crippen LogP contribution in [0, 0.1) is 0 Å². The Hall–Kier alpha value is -0.610. The minimum Gasteiger partial charge on any atom is -0.479 e. The molecule has 0 amide bonds. The van der Waals surface area contributed by atoms with E-state index in [4.69, 9.17) is 11.6 Å². The average Bonchev–Trinajstić information content (AvgIpc) is 1.64. The second kappa shape index (κ2) is 2.54. The lowest BCUT2D eigenvalue weighted by Crippen LogP contribution is -2.28. The molecular formula is C3H7NO3. The molecule has 0 heterocycles. The molecule has 0 aliphatic rings. The molecule has 0 bridgehead atoms. The van der Waals surface area contributed by atoms with Gasteiger partial charge in [0, 0.05) is 7.89 Å². The van der Waals surface area contributed by atoms with E-state index in [1.54, 1.807) is 0 Å². The Kier molecular flexibility index (Phi) is 1.65. The van der Waals surface area contributed by atoms with Crippen molar-refractivity contribution in [2.45, 2.75) is 6.10 Å². The molecule has 2 atom stereocenters. The summed E-state index contributed by atoms with van der Waals surface area (Å²) in [5.41, 5.74) is 4.67. The monoisotopic (exact) mass is 106 g/mol. The third-order valence-corrected chi connectivity index (χ3v) is 0.435. The first-order valence-electron chi connectivity index (χ1n) is 2.22. The Morgan fingerprint density at radius 3 is 2.57 bits per heavy atom. The number of rotatable bonds is 2. The van der Waals surface area contributed by atoms with Crippen molar-refractivity contribution in [3.63, 3.8) is 0 Å². The molecule has 4 heteroatoms. The SMILES string of the molecule is [2H]C(N)[C@H](O)C(=O)O. The molecule has 1 unspecified atom stereocenters. The zero-order valence-electron chi connectivity index (χ0n) is 4.53. The van der Waals surface area contributed by atoms with Gasteiger partial charge in [-0.2, -0.15) is 0 Å². The largest absolute Gasteiger partial charge is 0.479 e. The van der Waals surface area contributed by atoms with Gasteiger partial charge in [-0.05, 0) is 0 Å². The number of aliphatic carboxylic acids is 1. The van der Waals surface area contributed by atoms with Gasteiger partial charge in [0.1, 0.15) is 0 Å². The van der Waals surface area contributed by atoms with Crippen LogP contribution in [0.3, 0.4) is 0 Å². The van der Waals surface area contributed by atoms with E-state index in [9.17, 15) is 4.79 Å². The quantitative estimate of drug-likeness (QED) is 0.395. The summed E-state index contributed by atoms with van der Waals surface area (Å²) in [6.45, 7) is -1.45. The van der Waals surface area contributed by atoms with Gasteiger partial charge in [-0.3, -0.25) is 0 Å². The Labute approximate surface area is 42.0 Å². The highest BCUT2D eigenvalue weighted by Gasteiger charge is 2.07. The third-order valence-electron chi connectivity index (χ3n) is 0.435. The maximum atomic E-state index is 9.69. The molecule has 4 nitrogen and oxygen atoms in total. The second-order valence-corrected chi connectivity index (χ2v) is 0.976. The number of carbonyl (C=O) groups is 1. The lowest BCUT2D eigenvalue weighted by atomic mass is 10.4. The molecule has 0 rings (SSSR count). The molecule has 7 heavy (non-hydrogen) atoms. The number of hydrogen-bond acceptors (Lipinski definition) is 3. The van der Waals surface area contributed by atoms with Crippen LogP contribution in [0.2, 0.25) is 0 Å². The van der Waals surface area contributed by atoms with Crippen LogP contribution in [0.15, 0.2) is 0 Å². The average molecular weight is 106 g/mol. The zero-order valence-corrected chi connectivity index (χ0v) is 3.53. The first-order chi connectivity index (χ1) is 3.55. The van der Waals surface area contributed by atoms with Crippen LogP contribution < -0.4 is 5.73 Å². The summed E-state index contributed by atoms with van der Waals surface area (Å²) < 4.78 is 6.46. The Balaban J connectivity index is 3.64. The smallest absolute Gasteiger partial charge is 0.333 e. The van der Waals surface area contributed by atoms with Crippen LogP contribution >= 0.6 is 0 Å². The van der Waals surface area contributed by atoms with Crippen molar-refractivity contribution in [3.05, 3.63) is 0 Å². The van der Waals surface area contributed by atoms with E-state index in [0.29, 0.717) is 0 Å². The van der Waals surface area contributed by atoms with E-state index >= 15 is 0 Å². The molecule has 0 aromatic rings. The van der Waals surface area contributed by atoms with Crippen LogP contribution in [0.5, 0.6) is 0 Å². The van der Waals surface area contributed by atoms with Crippen molar-refractivity contribution in [1.82, 2.24) is 0 Å². The van der Waals surface area contributed by atoms with Crippen molar-refractivity contribution < 1.29 is 16.4 Å². The standard InChI is InChI=1S/C3H7NO3/c4-1-2(5)3(6)7/h2,5H,1,4H2,(H,6,7)/t2-/m0/s1/i1D/t1?,2-. The summed E-state index contributed by atoms with van der Waals surface area (Å²) in [6, 6.07) is 0. The molecular weight excluding hydrogens is 98.0 g/mol. The minimum absolute atomic E-state index is 1.45. The summed E-state index contributed by atoms with van der Waals surface area (Å²) in [5.74, 6) is -1.47. The predicted molar refractivity (Wildman–Crippen MR) is 22.7 cm³/mol. The van der Waals surface area contributed by atoms with E-state index in [0.717, 1.165) is 0 Å². The number of hydrogen-bond donors (Lipinski definition) is 3. The van der Waals surface area contributed by atoms with Gasteiger partial charge in [-0.1, -0.05) is 0 Å². The fourth-order valence-corrected chi connectivity index (χ4v) is 0.0823. The molecule has 4 N–H and O–H groups in total. The van der Waals surface area contributed by atoms with Gasteiger partial charge < -0.3 is 15.9 Å². The minimum atomic E-state index is -1.77. The van der Waals surface area contributed by atoms with E-state index < -0.39 is 18.6 Å². The topological polar surface area (TPSA) is 83.5 Å². The van der Waals surface area contributed by atoms with Crippen molar-refractivity contribution in [3.8, 4) is 0 Å². The summed E-state index contributed by atoms with van der Waals surface area (Å²) in [5, 5.41) is 16.2. The second-order valence-electron chi connectivity index (χ2n) is 0.976. The number of nitrogens with two attached hydrogens (primary N) is 1. The Morgan fingerprint density at radius 2 is 2.57 bits per heavy atom. The fraction of sp³-hybridized carbons (Fsp3) is 0.667. The number of carboxylic acids is 1. The summed E-state index contributed by atoms with van der Waals surface area (Å²) in [7, 11) is 0. The number of aliphatic hydroxyl groups excluding tert-OH is 1. The summed E-state index contributed by atoms with van der Waals surface area (Å²) in [4.78, 5) is 9.69. The molecule has 0 saturated heterocycles. The van der Waals surface area contributed by atoms with Crippen LogP contribution in [-0.2, 0) is 4.79 Å². The van der Waals surface area contributed by atoms with Gasteiger partial charge in [0.2, 0.25) is 0 Å². The molecule has 0 spiro atoms. The van der Waals surface area contributed by atoms with Gasteiger partial charge in [-0.15, -0.1) is 0 Å². The van der Waals surface area contributed by atoms with Crippen LogP contribution in [0.25, 0.3) is 0 Å². The fourth-order valence-electron chi connectivity index (χ4n) is 0.0823. The molecule has 0 radical (unpaired) electrons. The lowest BCUT2D eigenvalue weighted by molar-refractivity contribution is -0.145. The van der Waals surface area contributed by atoms with Crippen molar-refractivity contribution in [1.29, 1.82) is 0 Å². The molecule has 0 aliphatic heterocycles. The highest BCUT2D eigenvalue weighted by molar-refractivity contribution is 5.72. The Bertz CT molecular complexity index is 94.5. The van der Waals surface area contributed by atoms with Gasteiger partial charge in [0.25, 0.3) is 0 Å². The highest BCUT2D eigenvalue weighted by atomic mass is 16.4. The van der Waals surface area contributed by atoms with Gasteiger partial charge in [-0.25, -0.2) is 4.79 Å². The summed E-state index contributed by atoms with van der Waals surface area (Å²) >= 11 is 0. The van der Waals surface area contributed by atoms with Gasteiger partial charge in [0.15, 0.2) is 6.10 Å². The zero-order chi connectivity index (χ0) is 6.73. The number of aliphatic hydroxyl groups is 1. The van der Waals surface area contributed by atoms with Crippen LogP contribution in [0.1, 0.15) is 1.37 Å². The molecule has 0 fully saturated rings. The van der Waals surface area contributed by atoms with Crippen molar-refractivity contribution in [2.24, 2.45) is 5.73 Å². The molecule has 0 aliphatic carbocycles. The van der Waals surface area contributed by atoms with E-state index in [-0.39, 0.29) is 0 Å². The highest BCUT2D eigenvalue weighted by Crippen LogP contribution is 1.73. The van der Waals surface area contributed by atoms with E-state index in [2.05, 4.69) is 5.73 Å². The first kappa shape index (κ1) is 4.55. The molecule has 42 valence electrons. The van der Waals surface area contributed by atoms with Crippen LogP contribution in [-0.4, -0.2) is 28.8 Å². The van der Waals surface area contributed by atoms with Gasteiger partial charge in [0.05, 0.1) is 0 Å². The maximum Gasteiger partial charge on any atom is 0.333 e. The normalized spacial score (nSPS) is 20.0. The number of carboxylic acid groups (broad SMARTS) is 1. The molecule has 0 aromatic carbocycles. The third kappa shape index (κ3) is 2.13. The first-order valence-corrected chi connectivity index (χ1v) is 1.64. The summed E-state index contributed by atoms with van der Waals surface area (Å²) in [6.07, 6.45) is -1.77. The maximum absolute atomic E-state index is 9.69. The lowest BCUT2D eigenvalue weighted by Gasteiger charge is -1.96. The van der Waals surface area contributed by atoms with Crippen molar-refractivity contribution >= 4 is 5.97 Å². The Morgan fingerprint density at radius 1 is 2.14 bits per heavy atom. The molecule has 0 aromatic heterocycles. The van der Waals surface area contributed by atoms with Gasteiger partial charge >= 0.3 is 5.97 Å². The molecule has 0 saturated carbocycles. The van der Waals surface area contributed by atoms with Crippen LogP contribution in [0.4, 0.5) is 0 Å². The van der Waals surface area contributed by atoms with E-state index in [1.165, 1.54) is 0 Å². The predicted octanol–water partition coefficient (Wildman–Crippen LogP) is -1.61. The van der Waals surface area contributed by atoms with E-state index in [1.807, 2.05) is 0 Å². The van der Waals surface area contributed by atoms with Crippen molar-refractivity contribution in [2.75, 3.05) is 6.52 Å².